The van der Waals surface area contributed by atoms with Crippen LogP contribution in [0.2, 0.25) is 0 Å². The quantitative estimate of drug-likeness (QED) is 0.322. The van der Waals surface area contributed by atoms with E-state index in [9.17, 15) is 0 Å². The minimum absolute atomic E-state index is 0. The van der Waals surface area contributed by atoms with Gasteiger partial charge in [0.25, 0.3) is 0 Å². The molecule has 4 heteroatoms. The summed E-state index contributed by atoms with van der Waals surface area (Å²) in [5.74, 6) is 3.02. The molecule has 0 saturated carbocycles. The maximum Gasteiger partial charge on any atom is 0.333 e. The molecular formula is C12H26ClNOS. The van der Waals surface area contributed by atoms with Crippen molar-refractivity contribution in [3.63, 3.8) is 0 Å². The van der Waals surface area contributed by atoms with Gasteiger partial charge in [-0.05, 0) is 12.2 Å². The van der Waals surface area contributed by atoms with Gasteiger partial charge in [-0.2, -0.15) is 11.8 Å². The first kappa shape index (κ1) is 18.5. The molecule has 2 N–H and O–H groups in total. The van der Waals surface area contributed by atoms with Crippen LogP contribution in [-0.2, 0) is 4.74 Å². The fourth-order valence-electron chi connectivity index (χ4n) is 1.36. The Kier molecular flexibility index (Phi) is 17.4. The molecular weight excluding hydrogens is 242 g/mol. The number of unbranched alkanes of at least 4 members (excludes halogenated alkanes) is 5. The summed E-state index contributed by atoms with van der Waals surface area (Å²) in [6.45, 7) is 2.26. The van der Waals surface area contributed by atoms with Crippen molar-refractivity contribution in [1.29, 1.82) is 0 Å². The molecule has 0 aliphatic rings. The van der Waals surface area contributed by atoms with E-state index < -0.39 is 0 Å². The zero-order chi connectivity index (χ0) is 11.4. The Labute approximate surface area is 111 Å². The standard InChI is InChI=1S/C12H25NOS.ClH/c1-3-4-5-6-7-8-10-15-11-9-12(13)14-2;/h13H,3-11H2,1-2H3;1H. The third-order valence-corrected chi connectivity index (χ3v) is 3.47. The molecule has 16 heavy (non-hydrogen) atoms. The van der Waals surface area contributed by atoms with Crippen LogP contribution in [0.15, 0.2) is 0 Å². The van der Waals surface area contributed by atoms with Crippen LogP contribution >= 0.6 is 11.8 Å². The predicted octanol–water partition coefficient (Wildman–Crippen LogP) is -0.722. The molecule has 0 rings (SSSR count). The van der Waals surface area contributed by atoms with E-state index >= 15 is 0 Å². The molecule has 0 saturated heterocycles. The van der Waals surface area contributed by atoms with Gasteiger partial charge in [0, 0.05) is 5.75 Å². The maximum absolute atomic E-state index is 5.55. The lowest BCUT2D eigenvalue weighted by Gasteiger charge is -2.01. The summed E-state index contributed by atoms with van der Waals surface area (Å²) in [5, 5.41) is 5.55. The maximum atomic E-state index is 5.55. The minimum Gasteiger partial charge on any atom is -1.00 e. The average Bonchev–Trinajstić information content (AvgIpc) is 2.26. The van der Waals surface area contributed by atoms with Crippen LogP contribution in [-0.4, -0.2) is 24.5 Å². The summed E-state index contributed by atoms with van der Waals surface area (Å²) >= 11 is 1.98. The third-order valence-electron chi connectivity index (χ3n) is 2.40. The van der Waals surface area contributed by atoms with Crippen molar-refractivity contribution in [3.05, 3.63) is 0 Å². The Morgan fingerprint density at radius 2 is 1.69 bits per heavy atom. The molecule has 0 atom stereocenters. The number of hydrogen-bond donors (Lipinski definition) is 1. The van der Waals surface area contributed by atoms with Gasteiger partial charge in [-0.15, -0.1) is 0 Å². The molecule has 0 amide bonds. The fraction of sp³-hybridized carbons (Fsp3) is 0.917. The van der Waals surface area contributed by atoms with Crippen LogP contribution in [0.4, 0.5) is 0 Å². The molecule has 0 aliphatic heterocycles. The molecule has 0 fully saturated rings. The second kappa shape index (κ2) is 15.1. The van der Waals surface area contributed by atoms with E-state index in [-0.39, 0.29) is 12.4 Å². The number of thioether (sulfide) groups is 1. The normalized spacial score (nSPS) is 9.62. The first-order chi connectivity index (χ1) is 7.31. The summed E-state index contributed by atoms with van der Waals surface area (Å²) in [6, 6.07) is 0. The van der Waals surface area contributed by atoms with E-state index in [1.165, 1.54) is 44.3 Å². The van der Waals surface area contributed by atoms with Crippen LogP contribution in [0.3, 0.4) is 0 Å². The van der Waals surface area contributed by atoms with Crippen molar-refractivity contribution in [2.45, 2.75) is 51.9 Å². The third kappa shape index (κ3) is 14.1. The summed E-state index contributed by atoms with van der Waals surface area (Å²) in [6.07, 6.45) is 9.16. The largest absolute Gasteiger partial charge is 1.00 e. The van der Waals surface area contributed by atoms with Crippen LogP contribution < -0.4 is 17.8 Å². The van der Waals surface area contributed by atoms with E-state index in [1.807, 2.05) is 11.8 Å². The molecule has 2 nitrogen and oxygen atoms in total. The highest BCUT2D eigenvalue weighted by Gasteiger charge is 2.00. The van der Waals surface area contributed by atoms with E-state index in [2.05, 4.69) is 6.92 Å². The lowest BCUT2D eigenvalue weighted by molar-refractivity contribution is -0.140. The van der Waals surface area contributed by atoms with E-state index in [0.29, 0.717) is 5.90 Å². The van der Waals surface area contributed by atoms with Gasteiger partial charge >= 0.3 is 5.90 Å². The van der Waals surface area contributed by atoms with E-state index in [1.54, 1.807) is 7.11 Å². The molecule has 0 unspecified atom stereocenters. The smallest absolute Gasteiger partial charge is 0.333 e. The first-order valence-electron chi connectivity index (χ1n) is 6.04. The Balaban J connectivity index is 0. The molecule has 0 heterocycles. The summed E-state index contributed by atoms with van der Waals surface area (Å²) < 4.78 is 4.90. The molecule has 0 spiro atoms. The Morgan fingerprint density at radius 3 is 2.31 bits per heavy atom. The van der Waals surface area contributed by atoms with Crippen LogP contribution in [0.25, 0.3) is 0 Å². The number of rotatable bonds is 10. The Hall–Kier alpha value is 0.110. The summed E-state index contributed by atoms with van der Waals surface area (Å²) in [4.78, 5) is 0. The van der Waals surface area contributed by atoms with Gasteiger partial charge in [0.15, 0.2) is 0 Å². The van der Waals surface area contributed by atoms with Gasteiger partial charge in [0.2, 0.25) is 0 Å². The molecule has 0 aliphatic carbocycles. The second-order valence-electron chi connectivity index (χ2n) is 3.80. The molecule has 0 bridgehead atoms. The van der Waals surface area contributed by atoms with Gasteiger partial charge in [0.1, 0.15) is 0 Å². The van der Waals surface area contributed by atoms with Gasteiger partial charge in [-0.3, -0.25) is 0 Å². The number of nitrogens with two attached hydrogens (primary N) is 1. The Morgan fingerprint density at radius 1 is 1.06 bits per heavy atom. The van der Waals surface area contributed by atoms with Crippen molar-refractivity contribution in [2.75, 3.05) is 18.6 Å². The summed E-state index contributed by atoms with van der Waals surface area (Å²) in [5.41, 5.74) is 0. The SMILES string of the molecule is CCCCCCCCSCCC(=[NH2+])OC.[Cl-]. The highest BCUT2D eigenvalue weighted by atomic mass is 35.5. The fourth-order valence-corrected chi connectivity index (χ4v) is 2.32. The lowest BCUT2D eigenvalue weighted by atomic mass is 10.1. The molecule has 0 aromatic heterocycles. The van der Waals surface area contributed by atoms with Crippen LogP contribution in [0.1, 0.15) is 51.9 Å². The Bertz CT molecular complexity index is 156. The lowest BCUT2D eigenvalue weighted by Crippen LogP contribution is -3.00. The first-order valence-corrected chi connectivity index (χ1v) is 7.19. The number of methoxy groups -OCH3 is 1. The average molecular weight is 268 g/mol. The van der Waals surface area contributed by atoms with E-state index in [0.717, 1.165) is 12.2 Å². The minimum atomic E-state index is 0. The van der Waals surface area contributed by atoms with Gasteiger partial charge in [-0.1, -0.05) is 39.0 Å². The second-order valence-corrected chi connectivity index (χ2v) is 5.03. The zero-order valence-electron chi connectivity index (χ0n) is 10.6. The topological polar surface area (TPSA) is 34.8 Å². The van der Waals surface area contributed by atoms with Crippen molar-refractivity contribution < 1.29 is 22.6 Å². The molecule has 0 radical (unpaired) electrons. The van der Waals surface area contributed by atoms with Crippen molar-refractivity contribution in [1.82, 2.24) is 0 Å². The van der Waals surface area contributed by atoms with Crippen molar-refractivity contribution in [3.8, 4) is 0 Å². The molecule has 0 aromatic rings. The van der Waals surface area contributed by atoms with Crippen LogP contribution in [0, 0.1) is 0 Å². The molecule has 0 aromatic carbocycles. The van der Waals surface area contributed by atoms with Gasteiger partial charge in [-0.25, -0.2) is 5.41 Å². The molecule has 98 valence electrons. The monoisotopic (exact) mass is 267 g/mol. The zero-order valence-corrected chi connectivity index (χ0v) is 12.2. The number of hydrogen-bond acceptors (Lipinski definition) is 2. The van der Waals surface area contributed by atoms with Gasteiger partial charge in [0.05, 0.1) is 13.5 Å². The predicted molar refractivity (Wildman–Crippen MR) is 69.3 cm³/mol. The van der Waals surface area contributed by atoms with Crippen molar-refractivity contribution >= 4 is 17.7 Å². The highest BCUT2D eigenvalue weighted by Crippen LogP contribution is 2.10. The number of ether oxygens (including phenoxy) is 1. The van der Waals surface area contributed by atoms with Crippen molar-refractivity contribution in [2.24, 2.45) is 0 Å². The van der Waals surface area contributed by atoms with Gasteiger partial charge < -0.3 is 17.1 Å². The summed E-state index contributed by atoms with van der Waals surface area (Å²) in [7, 11) is 1.63. The van der Waals surface area contributed by atoms with Crippen LogP contribution in [0.5, 0.6) is 0 Å². The van der Waals surface area contributed by atoms with E-state index in [4.69, 9.17) is 10.1 Å². The number of halogens is 1. The highest BCUT2D eigenvalue weighted by molar-refractivity contribution is 7.99.